The Labute approximate surface area is 342 Å². The van der Waals surface area contributed by atoms with Gasteiger partial charge in [-0.1, -0.05) is 26.0 Å². The highest BCUT2D eigenvalue weighted by Crippen LogP contribution is 2.21. The second-order valence-electron chi connectivity index (χ2n) is 14.4. The molecule has 0 radical (unpaired) electrons. The molecule has 0 aliphatic carbocycles. The molecule has 1 aromatic carbocycles. The lowest BCUT2D eigenvalue weighted by atomic mass is 9.88. The molecular weight excluding hydrogens is 778 g/mol. The minimum atomic E-state index is -1.45. The van der Waals surface area contributed by atoms with Crippen molar-refractivity contribution in [3.63, 3.8) is 0 Å². The van der Waals surface area contributed by atoms with E-state index < -0.39 is 109 Å². The van der Waals surface area contributed by atoms with Gasteiger partial charge in [0, 0.05) is 64.6 Å². The largest absolute Gasteiger partial charge is 0.508 e. The van der Waals surface area contributed by atoms with Gasteiger partial charge in [-0.2, -0.15) is 11.8 Å². The lowest BCUT2D eigenvalue weighted by Gasteiger charge is -2.26. The summed E-state index contributed by atoms with van der Waals surface area (Å²) in [5.74, 6) is 0.0881. The molecule has 0 heterocycles. The first kappa shape index (κ1) is 51.7. The van der Waals surface area contributed by atoms with E-state index >= 15 is 0 Å². The standard InChI is InChI=1S/C39H59N5O15/c1-23(2)18-30(44-39(55)27(19-25-7-10-28(46)11-8-25)21-34(49)31(22-35(50)51)42-24(3)45)33(48)20-26(9-13-36(52)58-40)38(54)43-29(12-14-37(53)59-41)32(47)6-5-15-57-17-16-56-4/h7-8,10-11,23,26-27,29-31,46H,5-6,9,12-22,40-41H2,1-4H3,(H,42,45)(H,43,54)(H,44,55)(H,50,51)/t26-,27-,29-,30-,31+/m1/s1. The number of Topliss-reactive ketones (excluding diaryl/α,β-unsaturated/α-hetero) is 3. The first-order valence-corrected chi connectivity index (χ1v) is 19.2. The van der Waals surface area contributed by atoms with E-state index in [1.807, 2.05) is 0 Å². The topological polar surface area (TPSA) is 319 Å². The molecule has 9 N–H and O–H groups in total. The Balaban J connectivity index is 3.42. The van der Waals surface area contributed by atoms with Gasteiger partial charge < -0.3 is 45.3 Å². The highest BCUT2D eigenvalue weighted by atomic mass is 16.7. The molecule has 0 spiro atoms. The fraction of sp³-hybridized carbons (Fsp3) is 0.615. The molecular formula is C39H59N5O15. The first-order chi connectivity index (χ1) is 27.9. The predicted octanol–water partition coefficient (Wildman–Crippen LogP) is 0.487. The number of hydrogen-bond donors (Lipinski definition) is 7. The lowest BCUT2D eigenvalue weighted by Crippen LogP contribution is -2.48. The number of carbonyl (C=O) groups is 9. The summed E-state index contributed by atoms with van der Waals surface area (Å²) in [6.07, 6.45) is -2.78. The number of phenolic OH excluding ortho intramolecular Hbond substituents is 1. The Hall–Kier alpha value is -5.31. The van der Waals surface area contributed by atoms with Crippen molar-refractivity contribution in [2.75, 3.05) is 26.9 Å². The summed E-state index contributed by atoms with van der Waals surface area (Å²) in [5, 5.41) is 26.7. The number of carboxylic acids is 1. The number of phenols is 1. The maximum atomic E-state index is 14.0. The lowest BCUT2D eigenvalue weighted by molar-refractivity contribution is -0.146. The van der Waals surface area contributed by atoms with Crippen LogP contribution < -0.4 is 27.7 Å². The van der Waals surface area contributed by atoms with Gasteiger partial charge in [-0.3, -0.25) is 43.2 Å². The van der Waals surface area contributed by atoms with E-state index in [0.717, 1.165) is 6.92 Å². The van der Waals surface area contributed by atoms with Gasteiger partial charge >= 0.3 is 17.9 Å². The van der Waals surface area contributed by atoms with Crippen molar-refractivity contribution >= 4 is 53.0 Å². The molecule has 1 aromatic rings. The number of carbonyl (C=O) groups excluding carboxylic acids is 8. The average molecular weight is 838 g/mol. The van der Waals surface area contributed by atoms with Gasteiger partial charge in [0.15, 0.2) is 17.3 Å². The SMILES string of the molecule is COCCOCCCC(=O)[C@@H](CCC(=O)ON)NC(=O)[C@H](CCC(=O)ON)CC(=O)[C@@H](CC(C)C)NC(=O)[C@@H](CC(=O)[C@H](CC(=O)O)NC(C)=O)Cc1ccc(O)cc1. The van der Waals surface area contributed by atoms with Crippen LogP contribution in [0.5, 0.6) is 5.75 Å². The number of aliphatic carboxylic acids is 1. The zero-order valence-corrected chi connectivity index (χ0v) is 34.0. The van der Waals surface area contributed by atoms with Crippen LogP contribution in [0.15, 0.2) is 24.3 Å². The maximum Gasteiger partial charge on any atom is 0.324 e. The summed E-state index contributed by atoms with van der Waals surface area (Å²) in [5.41, 5.74) is 0.516. The smallest absolute Gasteiger partial charge is 0.324 e. The Morgan fingerprint density at radius 3 is 1.80 bits per heavy atom. The summed E-state index contributed by atoms with van der Waals surface area (Å²) >= 11 is 0. The number of carboxylic acid groups (broad SMARTS) is 1. The summed E-state index contributed by atoms with van der Waals surface area (Å²) < 4.78 is 10.3. The number of ether oxygens (including phenoxy) is 2. The number of hydrogen-bond acceptors (Lipinski definition) is 16. The van der Waals surface area contributed by atoms with Gasteiger partial charge in [0.05, 0.1) is 37.8 Å². The predicted molar refractivity (Wildman–Crippen MR) is 207 cm³/mol. The zero-order chi connectivity index (χ0) is 44.5. The maximum absolute atomic E-state index is 14.0. The van der Waals surface area contributed by atoms with E-state index in [9.17, 15) is 53.4 Å². The van der Waals surface area contributed by atoms with E-state index in [0.29, 0.717) is 18.8 Å². The van der Waals surface area contributed by atoms with Crippen LogP contribution in [0.25, 0.3) is 0 Å². The molecule has 0 unspecified atom stereocenters. The third kappa shape index (κ3) is 21.9. The van der Waals surface area contributed by atoms with Crippen LogP contribution in [0, 0.1) is 17.8 Å². The van der Waals surface area contributed by atoms with Crippen LogP contribution in [0.1, 0.15) is 90.5 Å². The minimum absolute atomic E-state index is 0.0448. The van der Waals surface area contributed by atoms with Crippen LogP contribution in [-0.2, 0) is 68.7 Å². The summed E-state index contributed by atoms with van der Waals surface area (Å²) in [6, 6.07) is 1.88. The number of rotatable bonds is 31. The fourth-order valence-electron chi connectivity index (χ4n) is 6.01. The number of ketones is 3. The monoisotopic (exact) mass is 837 g/mol. The van der Waals surface area contributed by atoms with Gasteiger partial charge in [0.25, 0.3) is 0 Å². The molecule has 3 amide bonds. The molecule has 20 nitrogen and oxygen atoms in total. The highest BCUT2D eigenvalue weighted by Gasteiger charge is 2.34. The van der Waals surface area contributed by atoms with E-state index in [1.165, 1.54) is 31.4 Å². The molecule has 0 aromatic heterocycles. The van der Waals surface area contributed by atoms with Gasteiger partial charge in [-0.15, -0.1) is 0 Å². The Bertz CT molecular complexity index is 1550. The van der Waals surface area contributed by atoms with Gasteiger partial charge in [-0.25, -0.2) is 0 Å². The van der Waals surface area contributed by atoms with Gasteiger partial charge in [0.1, 0.15) is 5.75 Å². The van der Waals surface area contributed by atoms with Crippen LogP contribution in [0.3, 0.4) is 0 Å². The van der Waals surface area contributed by atoms with Crippen molar-refractivity contribution in [1.82, 2.24) is 16.0 Å². The Morgan fingerprint density at radius 2 is 1.24 bits per heavy atom. The number of nitrogens with one attached hydrogen (secondary N) is 3. The van der Waals surface area contributed by atoms with Crippen molar-refractivity contribution in [1.29, 1.82) is 0 Å². The Kier molecular flexibility index (Phi) is 24.7. The third-order valence-corrected chi connectivity index (χ3v) is 9.06. The van der Waals surface area contributed by atoms with E-state index in [1.54, 1.807) is 13.8 Å². The van der Waals surface area contributed by atoms with E-state index in [4.69, 9.17) is 21.3 Å². The third-order valence-electron chi connectivity index (χ3n) is 9.06. The van der Waals surface area contributed by atoms with Crippen molar-refractivity contribution in [2.45, 2.75) is 110 Å². The second-order valence-corrected chi connectivity index (χ2v) is 14.4. The van der Waals surface area contributed by atoms with Gasteiger partial charge in [0.2, 0.25) is 17.7 Å². The van der Waals surface area contributed by atoms with Crippen molar-refractivity contribution in [3.05, 3.63) is 29.8 Å². The number of aromatic hydroxyl groups is 1. The quantitative estimate of drug-likeness (QED) is 0.0395. The molecule has 330 valence electrons. The number of amides is 3. The van der Waals surface area contributed by atoms with Crippen LogP contribution in [0.4, 0.5) is 0 Å². The summed E-state index contributed by atoms with van der Waals surface area (Å²) in [4.78, 5) is 124. The summed E-state index contributed by atoms with van der Waals surface area (Å²) in [7, 11) is 1.51. The van der Waals surface area contributed by atoms with Crippen LogP contribution in [0.2, 0.25) is 0 Å². The average Bonchev–Trinajstić information content (AvgIpc) is 3.18. The van der Waals surface area contributed by atoms with Crippen LogP contribution in [-0.4, -0.2) is 108 Å². The van der Waals surface area contributed by atoms with Crippen molar-refractivity contribution in [3.8, 4) is 5.75 Å². The fourth-order valence-corrected chi connectivity index (χ4v) is 6.01. The molecule has 20 heteroatoms. The minimum Gasteiger partial charge on any atom is -0.508 e. The summed E-state index contributed by atoms with van der Waals surface area (Å²) in [6.45, 7) is 5.53. The van der Waals surface area contributed by atoms with Gasteiger partial charge in [-0.05, 0) is 55.7 Å². The first-order valence-electron chi connectivity index (χ1n) is 19.2. The van der Waals surface area contributed by atoms with Crippen molar-refractivity contribution in [2.24, 2.45) is 29.5 Å². The molecule has 0 fully saturated rings. The van der Waals surface area contributed by atoms with Crippen LogP contribution >= 0.6 is 0 Å². The second kappa shape index (κ2) is 28.2. The molecule has 1 rings (SSSR count). The molecule has 0 bridgehead atoms. The molecule has 59 heavy (non-hydrogen) atoms. The Morgan fingerprint density at radius 1 is 0.678 bits per heavy atom. The molecule has 0 saturated heterocycles. The molecule has 5 atom stereocenters. The molecule has 0 aliphatic heterocycles. The number of benzene rings is 1. The van der Waals surface area contributed by atoms with E-state index in [2.05, 4.69) is 25.6 Å². The highest BCUT2D eigenvalue weighted by molar-refractivity contribution is 5.97. The van der Waals surface area contributed by atoms with E-state index in [-0.39, 0.29) is 63.2 Å². The molecule has 0 saturated carbocycles. The van der Waals surface area contributed by atoms with Crippen molar-refractivity contribution < 1.29 is 72.5 Å². The zero-order valence-electron chi connectivity index (χ0n) is 34.0. The molecule has 0 aliphatic rings. The normalized spacial score (nSPS) is 13.5. The number of methoxy groups -OCH3 is 1. The number of nitrogens with two attached hydrogens (primary N) is 2.